The van der Waals surface area contributed by atoms with Gasteiger partial charge in [-0.15, -0.1) is 10.2 Å². The number of amides is 1. The average molecular weight is 469 g/mol. The molecule has 0 aliphatic heterocycles. The van der Waals surface area contributed by atoms with Gasteiger partial charge in [-0.05, 0) is 42.8 Å². The second-order valence-electron chi connectivity index (χ2n) is 6.37. The molecule has 0 saturated heterocycles. The number of halogens is 2. The summed E-state index contributed by atoms with van der Waals surface area (Å²) in [5, 5.41) is 12.0. The summed E-state index contributed by atoms with van der Waals surface area (Å²) in [6.07, 6.45) is 1.19. The van der Waals surface area contributed by atoms with Gasteiger partial charge in [-0.2, -0.15) is 0 Å². The Balaban J connectivity index is 1.84. The van der Waals surface area contributed by atoms with Crippen LogP contribution in [0.3, 0.4) is 0 Å². The molecule has 0 saturated carbocycles. The molecule has 0 fully saturated rings. The number of nitrogens with zero attached hydrogens (tertiary/aromatic N) is 3. The maximum Gasteiger partial charge on any atom is 0.250 e. The number of anilines is 2. The standard InChI is InChI=1S/C19H18ClFN4O3S2/c1-3-16(25(30(2,27)28)15-10-8-14(21)9-11-15)17(26)22-19-24-23-18(29-19)12-4-6-13(20)7-5-12/h4-11,16H,3H2,1-2H3,(H,22,24,26)/t16-/m0/s1. The number of carbonyl (C=O) groups excluding carboxylic acids is 1. The predicted molar refractivity (Wildman–Crippen MR) is 117 cm³/mol. The summed E-state index contributed by atoms with van der Waals surface area (Å²) in [7, 11) is -3.82. The number of sulfonamides is 1. The van der Waals surface area contributed by atoms with Crippen molar-refractivity contribution in [2.45, 2.75) is 19.4 Å². The minimum atomic E-state index is -3.82. The largest absolute Gasteiger partial charge is 0.299 e. The Kier molecular flexibility index (Phi) is 6.69. The Morgan fingerprint density at radius 2 is 1.80 bits per heavy atom. The Bertz CT molecular complexity index is 1140. The second kappa shape index (κ2) is 9.07. The molecular formula is C19H18ClFN4O3S2. The van der Waals surface area contributed by atoms with Gasteiger partial charge < -0.3 is 0 Å². The minimum absolute atomic E-state index is 0.194. The molecule has 0 spiro atoms. The van der Waals surface area contributed by atoms with E-state index in [1.165, 1.54) is 12.1 Å². The number of hydrogen-bond acceptors (Lipinski definition) is 6. The first-order valence-corrected chi connectivity index (χ1v) is 11.9. The Morgan fingerprint density at radius 1 is 1.17 bits per heavy atom. The van der Waals surface area contributed by atoms with E-state index in [1.54, 1.807) is 31.2 Å². The van der Waals surface area contributed by atoms with E-state index in [-0.39, 0.29) is 17.2 Å². The molecule has 0 unspecified atom stereocenters. The third-order valence-corrected chi connectivity index (χ3v) is 6.48. The summed E-state index contributed by atoms with van der Waals surface area (Å²) in [4.78, 5) is 12.9. The summed E-state index contributed by atoms with van der Waals surface area (Å²) in [5.41, 5.74) is 0.980. The lowest BCUT2D eigenvalue weighted by Gasteiger charge is -2.29. The molecule has 2 aromatic carbocycles. The fourth-order valence-corrected chi connectivity index (χ4v) is 4.91. The molecule has 1 atom stereocenters. The zero-order valence-corrected chi connectivity index (χ0v) is 18.4. The van der Waals surface area contributed by atoms with Crippen molar-refractivity contribution in [3.8, 4) is 10.6 Å². The van der Waals surface area contributed by atoms with Crippen molar-refractivity contribution in [1.82, 2.24) is 10.2 Å². The van der Waals surface area contributed by atoms with E-state index in [0.29, 0.717) is 10.0 Å². The quantitative estimate of drug-likeness (QED) is 0.561. The number of nitrogens with one attached hydrogen (secondary N) is 1. The molecule has 0 aliphatic carbocycles. The topological polar surface area (TPSA) is 92.3 Å². The fourth-order valence-electron chi connectivity index (χ4n) is 2.82. The van der Waals surface area contributed by atoms with Crippen molar-refractivity contribution in [2.75, 3.05) is 15.9 Å². The highest BCUT2D eigenvalue weighted by molar-refractivity contribution is 7.92. The molecule has 1 heterocycles. The number of hydrogen-bond donors (Lipinski definition) is 1. The van der Waals surface area contributed by atoms with Crippen molar-refractivity contribution in [1.29, 1.82) is 0 Å². The first kappa shape index (κ1) is 22.1. The van der Waals surface area contributed by atoms with Gasteiger partial charge in [0.2, 0.25) is 21.1 Å². The Labute approximate surface area is 182 Å². The second-order valence-corrected chi connectivity index (χ2v) is 9.64. The van der Waals surface area contributed by atoms with Crippen molar-refractivity contribution >= 4 is 49.7 Å². The van der Waals surface area contributed by atoms with E-state index in [4.69, 9.17) is 11.6 Å². The summed E-state index contributed by atoms with van der Waals surface area (Å²) in [6, 6.07) is 10.9. The first-order valence-electron chi connectivity index (χ1n) is 8.84. The molecule has 158 valence electrons. The fraction of sp³-hybridized carbons (Fsp3) is 0.211. The predicted octanol–water partition coefficient (Wildman–Crippen LogP) is 4.18. The Hall–Kier alpha value is -2.56. The number of carbonyl (C=O) groups is 1. The van der Waals surface area contributed by atoms with Crippen LogP contribution in [-0.4, -0.2) is 36.8 Å². The van der Waals surface area contributed by atoms with Gasteiger partial charge in [0.15, 0.2) is 0 Å². The molecule has 1 aromatic heterocycles. The van der Waals surface area contributed by atoms with Crippen LogP contribution in [0.1, 0.15) is 13.3 Å². The SMILES string of the molecule is CC[C@@H](C(=O)Nc1nnc(-c2ccc(Cl)cc2)s1)N(c1ccc(F)cc1)S(C)(=O)=O. The highest BCUT2D eigenvalue weighted by atomic mass is 35.5. The van der Waals surface area contributed by atoms with E-state index < -0.39 is 27.8 Å². The zero-order valence-electron chi connectivity index (χ0n) is 16.0. The monoisotopic (exact) mass is 468 g/mol. The number of benzene rings is 2. The highest BCUT2D eigenvalue weighted by Crippen LogP contribution is 2.28. The van der Waals surface area contributed by atoms with Crippen molar-refractivity contribution in [3.63, 3.8) is 0 Å². The first-order chi connectivity index (χ1) is 14.2. The molecule has 11 heteroatoms. The molecule has 0 bridgehead atoms. The van der Waals surface area contributed by atoms with E-state index in [9.17, 15) is 17.6 Å². The maximum atomic E-state index is 13.3. The van der Waals surface area contributed by atoms with Gasteiger partial charge in [0.05, 0.1) is 11.9 Å². The third-order valence-electron chi connectivity index (χ3n) is 4.16. The van der Waals surface area contributed by atoms with Crippen LogP contribution in [0.4, 0.5) is 15.2 Å². The van der Waals surface area contributed by atoms with Crippen molar-refractivity contribution in [2.24, 2.45) is 0 Å². The molecule has 7 nitrogen and oxygen atoms in total. The van der Waals surface area contributed by atoms with Crippen LogP contribution in [0.5, 0.6) is 0 Å². The van der Waals surface area contributed by atoms with Gasteiger partial charge in [0, 0.05) is 10.6 Å². The van der Waals surface area contributed by atoms with Gasteiger partial charge in [-0.1, -0.05) is 42.0 Å². The molecule has 30 heavy (non-hydrogen) atoms. The highest BCUT2D eigenvalue weighted by Gasteiger charge is 2.32. The van der Waals surface area contributed by atoms with Gasteiger partial charge >= 0.3 is 0 Å². The lowest BCUT2D eigenvalue weighted by molar-refractivity contribution is -0.117. The van der Waals surface area contributed by atoms with Crippen LogP contribution in [0.25, 0.3) is 10.6 Å². The van der Waals surface area contributed by atoms with Gasteiger partial charge in [0.1, 0.15) is 16.9 Å². The van der Waals surface area contributed by atoms with E-state index in [1.807, 2.05) is 0 Å². The molecule has 3 rings (SSSR count). The molecular weight excluding hydrogens is 451 g/mol. The van der Waals surface area contributed by atoms with Gasteiger partial charge in [-0.25, -0.2) is 12.8 Å². The van der Waals surface area contributed by atoms with E-state index in [2.05, 4.69) is 15.5 Å². The molecule has 1 amide bonds. The summed E-state index contributed by atoms with van der Waals surface area (Å²) < 4.78 is 39.1. The van der Waals surface area contributed by atoms with Crippen molar-refractivity contribution in [3.05, 3.63) is 59.4 Å². The lowest BCUT2D eigenvalue weighted by Crippen LogP contribution is -2.47. The Morgan fingerprint density at radius 3 is 2.37 bits per heavy atom. The van der Waals surface area contributed by atoms with Gasteiger partial charge in [0.25, 0.3) is 0 Å². The normalized spacial score (nSPS) is 12.4. The summed E-state index contributed by atoms with van der Waals surface area (Å²) in [5.74, 6) is -1.07. The summed E-state index contributed by atoms with van der Waals surface area (Å²) >= 11 is 7.04. The van der Waals surface area contributed by atoms with Crippen LogP contribution < -0.4 is 9.62 Å². The maximum absolute atomic E-state index is 13.3. The minimum Gasteiger partial charge on any atom is -0.299 e. The number of aromatic nitrogens is 2. The smallest absolute Gasteiger partial charge is 0.250 e. The zero-order chi connectivity index (χ0) is 21.9. The van der Waals surface area contributed by atoms with Crippen LogP contribution >= 0.6 is 22.9 Å². The van der Waals surface area contributed by atoms with Crippen molar-refractivity contribution < 1.29 is 17.6 Å². The molecule has 3 aromatic rings. The summed E-state index contributed by atoms with van der Waals surface area (Å²) in [6.45, 7) is 1.69. The van der Waals surface area contributed by atoms with Crippen LogP contribution in [0, 0.1) is 5.82 Å². The van der Waals surface area contributed by atoms with E-state index in [0.717, 1.165) is 39.6 Å². The third kappa shape index (κ3) is 5.13. The molecule has 0 aliphatic rings. The molecule has 1 N–H and O–H groups in total. The lowest BCUT2D eigenvalue weighted by atomic mass is 10.2. The van der Waals surface area contributed by atoms with Crippen LogP contribution in [-0.2, 0) is 14.8 Å². The van der Waals surface area contributed by atoms with Crippen LogP contribution in [0.2, 0.25) is 5.02 Å². The molecule has 0 radical (unpaired) electrons. The van der Waals surface area contributed by atoms with Crippen LogP contribution in [0.15, 0.2) is 48.5 Å². The average Bonchev–Trinajstić information content (AvgIpc) is 3.15. The number of rotatable bonds is 7. The van der Waals surface area contributed by atoms with E-state index >= 15 is 0 Å². The van der Waals surface area contributed by atoms with Gasteiger partial charge in [-0.3, -0.25) is 14.4 Å².